The van der Waals surface area contributed by atoms with Gasteiger partial charge >= 0.3 is 0 Å². The van der Waals surface area contributed by atoms with Gasteiger partial charge in [-0.25, -0.2) is 0 Å². The molecular weight excluding hydrogens is 384 g/mol. The topological polar surface area (TPSA) is 62.5 Å². The number of rotatable bonds is 7. The number of amides is 1. The highest BCUT2D eigenvalue weighted by molar-refractivity contribution is 7.13. The highest BCUT2D eigenvalue weighted by atomic mass is 32.1. The van der Waals surface area contributed by atoms with E-state index in [2.05, 4.69) is 46.2 Å². The van der Waals surface area contributed by atoms with E-state index in [0.717, 1.165) is 44.0 Å². The smallest absolute Gasteiger partial charge is 0.226 e. The Bertz CT molecular complexity index is 930. The minimum absolute atomic E-state index is 0.221. The highest BCUT2D eigenvalue weighted by Gasteiger charge is 2.21. The zero-order chi connectivity index (χ0) is 20.1. The summed E-state index contributed by atoms with van der Waals surface area (Å²) in [4.78, 5) is 22.4. The van der Waals surface area contributed by atoms with E-state index in [1.54, 1.807) is 11.3 Å². The van der Waals surface area contributed by atoms with Gasteiger partial charge in [-0.1, -0.05) is 35.5 Å². The van der Waals surface area contributed by atoms with Gasteiger partial charge in [0, 0.05) is 45.6 Å². The first kappa shape index (κ1) is 19.8. The fraction of sp³-hybridized carbons (Fsp3) is 0.409. The Labute approximate surface area is 175 Å². The number of hydrogen-bond acceptors (Lipinski definition) is 6. The van der Waals surface area contributed by atoms with Crippen LogP contribution in [-0.2, 0) is 17.8 Å². The lowest BCUT2D eigenvalue weighted by Crippen LogP contribution is -2.48. The zero-order valence-electron chi connectivity index (χ0n) is 16.7. The number of aryl methyl sites for hydroxylation is 2. The van der Waals surface area contributed by atoms with Gasteiger partial charge in [0.25, 0.3) is 0 Å². The molecule has 0 atom stereocenters. The first-order chi connectivity index (χ1) is 14.2. The van der Waals surface area contributed by atoms with Crippen molar-refractivity contribution in [2.24, 2.45) is 0 Å². The molecule has 0 saturated carbocycles. The Morgan fingerprint density at radius 3 is 2.72 bits per heavy atom. The van der Waals surface area contributed by atoms with Crippen LogP contribution in [0.25, 0.3) is 10.7 Å². The lowest BCUT2D eigenvalue weighted by Gasteiger charge is -2.35. The zero-order valence-corrected chi connectivity index (χ0v) is 17.5. The van der Waals surface area contributed by atoms with Crippen LogP contribution in [0.5, 0.6) is 0 Å². The lowest BCUT2D eigenvalue weighted by atomic mass is 10.1. The van der Waals surface area contributed by atoms with Gasteiger partial charge in [0.2, 0.25) is 17.6 Å². The van der Waals surface area contributed by atoms with E-state index in [-0.39, 0.29) is 5.91 Å². The summed E-state index contributed by atoms with van der Waals surface area (Å²) >= 11 is 1.59. The van der Waals surface area contributed by atoms with Crippen LogP contribution in [0.4, 0.5) is 0 Å². The molecule has 1 amide bonds. The lowest BCUT2D eigenvalue weighted by molar-refractivity contribution is -0.133. The van der Waals surface area contributed by atoms with Crippen LogP contribution in [0, 0.1) is 6.92 Å². The molecule has 1 aromatic carbocycles. The SMILES string of the molecule is Cc1ccccc1CN1CCN(C(=O)CCCc2nc(-c3cccs3)no2)CC1. The summed E-state index contributed by atoms with van der Waals surface area (Å²) in [6.07, 6.45) is 1.89. The van der Waals surface area contributed by atoms with E-state index in [4.69, 9.17) is 4.52 Å². The molecule has 7 heteroatoms. The third kappa shape index (κ3) is 5.10. The summed E-state index contributed by atoms with van der Waals surface area (Å²) in [6, 6.07) is 12.5. The summed E-state index contributed by atoms with van der Waals surface area (Å²) in [5.41, 5.74) is 2.70. The third-order valence-electron chi connectivity index (χ3n) is 5.37. The molecule has 3 aromatic rings. The maximum atomic E-state index is 12.5. The first-order valence-corrected chi connectivity index (χ1v) is 11.0. The predicted octanol–water partition coefficient (Wildman–Crippen LogP) is 3.77. The van der Waals surface area contributed by atoms with Crippen LogP contribution in [0.1, 0.15) is 29.9 Å². The predicted molar refractivity (Wildman–Crippen MR) is 114 cm³/mol. The van der Waals surface area contributed by atoms with Gasteiger partial charge in [-0.05, 0) is 35.9 Å². The van der Waals surface area contributed by atoms with Gasteiger partial charge in [0.15, 0.2) is 0 Å². The normalized spacial score (nSPS) is 15.0. The van der Waals surface area contributed by atoms with Gasteiger partial charge in [-0.15, -0.1) is 11.3 Å². The van der Waals surface area contributed by atoms with Crippen molar-refractivity contribution in [2.75, 3.05) is 26.2 Å². The number of hydrogen-bond donors (Lipinski definition) is 0. The Hall–Kier alpha value is -2.51. The summed E-state index contributed by atoms with van der Waals surface area (Å²) < 4.78 is 5.31. The molecule has 1 aliphatic rings. The standard InChI is InChI=1S/C22H26N4O2S/c1-17-6-2-3-7-18(17)16-25-11-13-26(14-12-25)21(27)10-4-9-20-23-22(24-28-20)19-8-5-15-29-19/h2-3,5-8,15H,4,9-14,16H2,1H3. The quantitative estimate of drug-likeness (QED) is 0.593. The number of thiophene rings is 1. The average molecular weight is 411 g/mol. The Morgan fingerprint density at radius 1 is 1.14 bits per heavy atom. The summed E-state index contributed by atoms with van der Waals surface area (Å²) in [5, 5.41) is 6.01. The number of benzene rings is 1. The monoisotopic (exact) mass is 410 g/mol. The molecule has 0 aliphatic carbocycles. The number of piperazine rings is 1. The molecule has 3 heterocycles. The molecule has 0 N–H and O–H groups in total. The molecular formula is C22H26N4O2S. The van der Waals surface area contributed by atoms with Crippen LogP contribution in [-0.4, -0.2) is 52.0 Å². The molecule has 1 aliphatic heterocycles. The van der Waals surface area contributed by atoms with E-state index in [1.165, 1.54) is 11.1 Å². The molecule has 6 nitrogen and oxygen atoms in total. The van der Waals surface area contributed by atoms with Gasteiger partial charge in [-0.3, -0.25) is 9.69 Å². The molecule has 1 fully saturated rings. The fourth-order valence-electron chi connectivity index (χ4n) is 3.60. The minimum Gasteiger partial charge on any atom is -0.340 e. The molecule has 152 valence electrons. The highest BCUT2D eigenvalue weighted by Crippen LogP contribution is 2.21. The fourth-order valence-corrected chi connectivity index (χ4v) is 4.24. The Balaban J connectivity index is 1.19. The Kier molecular flexibility index (Phi) is 6.36. The Morgan fingerprint density at radius 2 is 1.97 bits per heavy atom. The molecule has 0 bridgehead atoms. The van der Waals surface area contributed by atoms with Crippen molar-refractivity contribution in [3.8, 4) is 10.7 Å². The van der Waals surface area contributed by atoms with Crippen LogP contribution < -0.4 is 0 Å². The molecule has 0 unspecified atom stereocenters. The second kappa shape index (κ2) is 9.33. The minimum atomic E-state index is 0.221. The van der Waals surface area contributed by atoms with Crippen molar-refractivity contribution in [3.05, 3.63) is 58.8 Å². The molecule has 2 aromatic heterocycles. The molecule has 4 rings (SSSR count). The van der Waals surface area contributed by atoms with Crippen LogP contribution in [0.15, 0.2) is 46.3 Å². The van der Waals surface area contributed by atoms with Crippen molar-refractivity contribution in [1.82, 2.24) is 19.9 Å². The summed E-state index contributed by atoms with van der Waals surface area (Å²) in [5.74, 6) is 1.45. The van der Waals surface area contributed by atoms with E-state index in [9.17, 15) is 4.79 Å². The van der Waals surface area contributed by atoms with Crippen LogP contribution in [0.3, 0.4) is 0 Å². The maximum absolute atomic E-state index is 12.5. The molecule has 0 spiro atoms. The maximum Gasteiger partial charge on any atom is 0.226 e. The average Bonchev–Trinajstić information content (AvgIpc) is 3.42. The van der Waals surface area contributed by atoms with Crippen molar-refractivity contribution < 1.29 is 9.32 Å². The van der Waals surface area contributed by atoms with Crippen molar-refractivity contribution in [2.45, 2.75) is 32.7 Å². The number of aromatic nitrogens is 2. The van der Waals surface area contributed by atoms with E-state index >= 15 is 0 Å². The summed E-state index contributed by atoms with van der Waals surface area (Å²) in [6.45, 7) is 6.56. The third-order valence-corrected chi connectivity index (χ3v) is 6.24. The second-order valence-corrected chi connectivity index (χ2v) is 8.37. The van der Waals surface area contributed by atoms with Crippen molar-refractivity contribution in [3.63, 3.8) is 0 Å². The first-order valence-electron chi connectivity index (χ1n) is 10.1. The molecule has 29 heavy (non-hydrogen) atoms. The van der Waals surface area contributed by atoms with Gasteiger partial charge in [0.1, 0.15) is 0 Å². The number of carbonyl (C=O) groups excluding carboxylic acids is 1. The van der Waals surface area contributed by atoms with Crippen LogP contribution >= 0.6 is 11.3 Å². The van der Waals surface area contributed by atoms with Gasteiger partial charge < -0.3 is 9.42 Å². The van der Waals surface area contributed by atoms with Crippen molar-refractivity contribution in [1.29, 1.82) is 0 Å². The van der Waals surface area contributed by atoms with Gasteiger partial charge in [-0.2, -0.15) is 4.98 Å². The number of carbonyl (C=O) groups is 1. The molecule has 0 radical (unpaired) electrons. The van der Waals surface area contributed by atoms with Crippen LogP contribution in [0.2, 0.25) is 0 Å². The largest absolute Gasteiger partial charge is 0.340 e. The molecule has 1 saturated heterocycles. The van der Waals surface area contributed by atoms with Gasteiger partial charge in [0.05, 0.1) is 4.88 Å². The van der Waals surface area contributed by atoms with Crippen molar-refractivity contribution >= 4 is 17.2 Å². The van der Waals surface area contributed by atoms with E-state index in [0.29, 0.717) is 24.6 Å². The summed E-state index contributed by atoms with van der Waals surface area (Å²) in [7, 11) is 0. The number of nitrogens with zero attached hydrogens (tertiary/aromatic N) is 4. The second-order valence-electron chi connectivity index (χ2n) is 7.43. The van der Waals surface area contributed by atoms with E-state index < -0.39 is 0 Å². The van der Waals surface area contributed by atoms with E-state index in [1.807, 2.05) is 22.4 Å².